The van der Waals surface area contributed by atoms with Crippen LogP contribution in [-0.2, 0) is 33.4 Å². The number of alkyl halides is 1. The van der Waals surface area contributed by atoms with Gasteiger partial charge in [-0.25, -0.2) is 4.18 Å². The molecule has 0 unspecified atom stereocenters. The van der Waals surface area contributed by atoms with E-state index in [0.29, 0.717) is 12.3 Å². The highest BCUT2D eigenvalue weighted by Crippen LogP contribution is 2.01. The number of esters is 2. The first-order chi connectivity index (χ1) is 9.97. The maximum Gasteiger partial charge on any atom is 0.308 e. The van der Waals surface area contributed by atoms with Gasteiger partial charge in [-0.15, -0.1) is 0 Å². The Balaban J connectivity index is -0.000000354. The van der Waals surface area contributed by atoms with Crippen molar-refractivity contribution < 1.29 is 31.7 Å². The Labute approximate surface area is 144 Å². The van der Waals surface area contributed by atoms with Crippen molar-refractivity contribution in [2.24, 2.45) is 11.8 Å². The van der Waals surface area contributed by atoms with Crippen LogP contribution in [0.4, 0.5) is 0 Å². The van der Waals surface area contributed by atoms with E-state index in [0.717, 1.165) is 6.26 Å². The van der Waals surface area contributed by atoms with Gasteiger partial charge in [0.25, 0.3) is 10.1 Å². The summed E-state index contributed by atoms with van der Waals surface area (Å²) in [4.78, 5) is 21.4. The summed E-state index contributed by atoms with van der Waals surface area (Å²) in [6.45, 7) is 7.09. The minimum atomic E-state index is -3.53. The van der Waals surface area contributed by atoms with Crippen LogP contribution in [0.2, 0.25) is 0 Å². The first kappa shape index (κ1) is 27.0. The third-order valence-corrected chi connectivity index (χ3v) is 2.48. The third kappa shape index (κ3) is 26.4. The minimum absolute atomic E-state index is 0. The Bertz CT molecular complexity index is 419. The van der Waals surface area contributed by atoms with Crippen LogP contribution in [0.3, 0.4) is 0 Å². The summed E-state index contributed by atoms with van der Waals surface area (Å²) in [6, 6.07) is -0.0362. The Morgan fingerprint density at radius 3 is 1.65 bits per heavy atom. The molecular weight excluding hydrogens is 348 g/mol. The van der Waals surface area contributed by atoms with Crippen molar-refractivity contribution in [1.29, 1.82) is 0 Å². The van der Waals surface area contributed by atoms with Crippen molar-refractivity contribution in [3.8, 4) is 0 Å². The molecule has 0 saturated heterocycles. The second-order valence-corrected chi connectivity index (χ2v) is 7.14. The van der Waals surface area contributed by atoms with Crippen LogP contribution in [-0.4, -0.2) is 39.5 Å². The quantitative estimate of drug-likeness (QED) is 0.278. The van der Waals surface area contributed by atoms with E-state index in [4.69, 9.17) is 11.6 Å². The molecule has 0 bridgehead atoms. The average Bonchev–Trinajstić information content (AvgIpc) is 2.25. The van der Waals surface area contributed by atoms with Gasteiger partial charge in [0, 0.05) is 12.8 Å². The lowest BCUT2D eigenvalue weighted by Crippen LogP contribution is -2.13. The molecular formula is C14H29ClO7S. The van der Waals surface area contributed by atoms with E-state index in [1.807, 2.05) is 27.7 Å². The zero-order valence-electron chi connectivity index (χ0n) is 13.6. The number of carbonyl (C=O) groups excluding carboxylic acids is 2. The number of hydrogen-bond donors (Lipinski definition) is 0. The van der Waals surface area contributed by atoms with Gasteiger partial charge in [0.2, 0.25) is 6.79 Å². The molecule has 0 heterocycles. The van der Waals surface area contributed by atoms with E-state index < -0.39 is 22.9 Å². The summed E-state index contributed by atoms with van der Waals surface area (Å²) in [5, 5.41) is 0. The molecule has 0 aliphatic rings. The summed E-state index contributed by atoms with van der Waals surface area (Å²) in [5.74, 6) is -0.148. The molecule has 0 fully saturated rings. The maximum atomic E-state index is 10.8. The van der Waals surface area contributed by atoms with Crippen molar-refractivity contribution in [2.75, 3.05) is 19.1 Å². The molecule has 23 heavy (non-hydrogen) atoms. The van der Waals surface area contributed by atoms with E-state index in [-0.39, 0.29) is 31.8 Å². The van der Waals surface area contributed by atoms with Crippen LogP contribution in [0.15, 0.2) is 0 Å². The first-order valence-corrected chi connectivity index (χ1v) is 9.04. The second-order valence-electron chi connectivity index (χ2n) is 5.28. The molecule has 0 aromatic heterocycles. The summed E-state index contributed by atoms with van der Waals surface area (Å²) in [5.41, 5.74) is 0. The summed E-state index contributed by atoms with van der Waals surface area (Å²) in [6.07, 6.45) is 1.60. The van der Waals surface area contributed by atoms with Gasteiger partial charge >= 0.3 is 11.9 Å². The van der Waals surface area contributed by atoms with E-state index in [1.54, 1.807) is 0 Å². The molecule has 140 valence electrons. The summed E-state index contributed by atoms with van der Waals surface area (Å²) in [7, 11) is -3.53. The molecule has 0 atom stereocenters. The van der Waals surface area contributed by atoms with Gasteiger partial charge in [-0.1, -0.05) is 46.7 Å². The van der Waals surface area contributed by atoms with Crippen LogP contribution < -0.4 is 0 Å². The molecule has 0 aliphatic heterocycles. The molecule has 0 radical (unpaired) electrons. The number of halogens is 1. The van der Waals surface area contributed by atoms with Gasteiger partial charge < -0.3 is 9.47 Å². The zero-order chi connectivity index (χ0) is 17.8. The van der Waals surface area contributed by atoms with Crippen LogP contribution >= 0.6 is 11.6 Å². The molecule has 0 aromatic rings. The molecule has 0 N–H and O–H groups in total. The van der Waals surface area contributed by atoms with Crippen molar-refractivity contribution in [2.45, 2.75) is 48.0 Å². The number of carbonyl (C=O) groups is 2. The summed E-state index contributed by atoms with van der Waals surface area (Å²) < 4.78 is 34.0. The normalized spacial score (nSPS) is 10.4. The molecule has 0 spiro atoms. The topological polar surface area (TPSA) is 96.0 Å². The smallest absolute Gasteiger partial charge is 0.308 e. The average molecular weight is 377 g/mol. The number of rotatable bonds is 8. The second kappa shape index (κ2) is 14.7. The lowest BCUT2D eigenvalue weighted by atomic mass is 10.1. The third-order valence-electron chi connectivity index (χ3n) is 1.85. The molecule has 0 saturated carbocycles. The Morgan fingerprint density at radius 1 is 0.957 bits per heavy atom. The SMILES string of the molecule is C.CC(C)CC(=O)OCCl.CC(C)CC(=O)OCOS(C)(=O)=O. The highest BCUT2D eigenvalue weighted by molar-refractivity contribution is 7.85. The van der Waals surface area contributed by atoms with Crippen molar-refractivity contribution in [3.05, 3.63) is 0 Å². The predicted molar refractivity (Wildman–Crippen MR) is 89.3 cm³/mol. The van der Waals surface area contributed by atoms with Gasteiger partial charge in [0.05, 0.1) is 6.26 Å². The van der Waals surface area contributed by atoms with E-state index in [9.17, 15) is 18.0 Å². The Hall–Kier alpha value is -0.860. The molecule has 9 heteroatoms. The molecule has 0 amide bonds. The van der Waals surface area contributed by atoms with Gasteiger partial charge in [0.15, 0.2) is 6.07 Å². The predicted octanol–water partition coefficient (Wildman–Crippen LogP) is 2.92. The van der Waals surface area contributed by atoms with Crippen LogP contribution in [0.1, 0.15) is 48.0 Å². The minimum Gasteiger partial charge on any atom is -0.449 e. The van der Waals surface area contributed by atoms with Gasteiger partial charge in [-0.2, -0.15) is 8.42 Å². The monoisotopic (exact) mass is 376 g/mol. The lowest BCUT2D eigenvalue weighted by Gasteiger charge is -2.05. The van der Waals surface area contributed by atoms with Gasteiger partial charge in [0.1, 0.15) is 0 Å². The standard InChI is InChI=1S/C7H14O5S.C6H11ClO2.CH4/c1-6(2)4-7(8)11-5-12-13(3,9)10;1-5(2)3-6(8)9-4-7;/h6H,4-5H2,1-3H3;5H,3-4H2,1-2H3;1H4. The van der Waals surface area contributed by atoms with E-state index >= 15 is 0 Å². The van der Waals surface area contributed by atoms with Crippen molar-refractivity contribution in [3.63, 3.8) is 0 Å². The van der Waals surface area contributed by atoms with E-state index in [2.05, 4.69) is 13.7 Å². The highest BCUT2D eigenvalue weighted by Gasteiger charge is 2.08. The largest absolute Gasteiger partial charge is 0.449 e. The van der Waals surface area contributed by atoms with Crippen LogP contribution in [0, 0.1) is 11.8 Å². The maximum absolute atomic E-state index is 10.8. The van der Waals surface area contributed by atoms with Crippen molar-refractivity contribution >= 4 is 33.7 Å². The van der Waals surface area contributed by atoms with E-state index in [1.165, 1.54) is 0 Å². The fourth-order valence-corrected chi connectivity index (χ4v) is 1.37. The molecule has 0 aromatic carbocycles. The van der Waals surface area contributed by atoms with Crippen molar-refractivity contribution in [1.82, 2.24) is 0 Å². The first-order valence-electron chi connectivity index (χ1n) is 6.69. The fourth-order valence-electron chi connectivity index (χ4n) is 1.02. The number of ether oxygens (including phenoxy) is 2. The van der Waals surface area contributed by atoms with Crippen LogP contribution in [0.5, 0.6) is 0 Å². The van der Waals surface area contributed by atoms with Crippen LogP contribution in [0.25, 0.3) is 0 Å². The Kier molecular flexibility index (Phi) is 17.3. The fraction of sp³-hybridized carbons (Fsp3) is 0.857. The zero-order valence-corrected chi connectivity index (χ0v) is 15.2. The molecule has 0 aliphatic carbocycles. The molecule has 7 nitrogen and oxygen atoms in total. The highest BCUT2D eigenvalue weighted by atomic mass is 35.5. The van der Waals surface area contributed by atoms with Gasteiger partial charge in [-0.05, 0) is 11.8 Å². The van der Waals surface area contributed by atoms with Gasteiger partial charge in [-0.3, -0.25) is 9.59 Å². The number of hydrogen-bond acceptors (Lipinski definition) is 7. The summed E-state index contributed by atoms with van der Waals surface area (Å²) >= 11 is 5.14. The Morgan fingerprint density at radius 2 is 1.35 bits per heavy atom. The molecule has 0 rings (SSSR count). The lowest BCUT2D eigenvalue weighted by molar-refractivity contribution is -0.150.